The Morgan fingerprint density at radius 1 is 1.00 bits per heavy atom. The van der Waals surface area contributed by atoms with Crippen LogP contribution < -0.4 is 11.1 Å². The van der Waals surface area contributed by atoms with E-state index in [0.29, 0.717) is 11.6 Å². The molecule has 1 aliphatic rings. The van der Waals surface area contributed by atoms with Crippen LogP contribution in [0.3, 0.4) is 0 Å². The Morgan fingerprint density at radius 3 is 2.38 bits per heavy atom. The summed E-state index contributed by atoms with van der Waals surface area (Å²) >= 11 is 0. The number of halogens is 7. The number of hydrogen-bond acceptors (Lipinski definition) is 6. The second-order valence-corrected chi connectivity index (χ2v) is 9.61. The molecular weight excluding hydrogens is 575 g/mol. The van der Waals surface area contributed by atoms with Gasteiger partial charge >= 0.3 is 12.4 Å². The van der Waals surface area contributed by atoms with E-state index >= 15 is 0 Å². The third-order valence-electron chi connectivity index (χ3n) is 6.82. The Morgan fingerprint density at radius 2 is 1.74 bits per heavy atom. The van der Waals surface area contributed by atoms with E-state index < -0.39 is 65.5 Å². The van der Waals surface area contributed by atoms with Gasteiger partial charge in [-0.25, -0.2) is 13.9 Å². The standard InChI is InChI=1S/C26H20F7N7O2/c1-12-2-3-13(19-7-16(25(28,29)30)21-22(34)36-11-37-40(19)21)6-15(12)23(41)38-18-10-39(9-17(18)27)24(42)14-4-5-20(35-8-14)26(31,32)33/h2-8,11,17-18H,9-10H2,1H3,(H,38,41)(H2,34,36,37)/t17-,18+/m0/s1. The lowest BCUT2D eigenvalue weighted by Crippen LogP contribution is -2.42. The lowest BCUT2D eigenvalue weighted by atomic mass is 10.0. The van der Waals surface area contributed by atoms with Crippen molar-refractivity contribution in [2.24, 2.45) is 0 Å². The summed E-state index contributed by atoms with van der Waals surface area (Å²) in [4.78, 5) is 33.8. The van der Waals surface area contributed by atoms with Gasteiger partial charge in [-0.2, -0.15) is 31.4 Å². The van der Waals surface area contributed by atoms with Gasteiger partial charge in [0, 0.05) is 23.9 Å². The largest absolute Gasteiger partial charge is 0.433 e. The topological polar surface area (TPSA) is 119 Å². The highest BCUT2D eigenvalue weighted by atomic mass is 19.4. The van der Waals surface area contributed by atoms with Gasteiger partial charge in [-0.1, -0.05) is 12.1 Å². The quantitative estimate of drug-likeness (QED) is 0.340. The fraction of sp³-hybridized carbons (Fsp3) is 0.269. The number of nitrogens with one attached hydrogen (secondary N) is 1. The van der Waals surface area contributed by atoms with Gasteiger partial charge in [-0.15, -0.1) is 0 Å². The number of amides is 2. The monoisotopic (exact) mass is 595 g/mol. The van der Waals surface area contributed by atoms with E-state index in [-0.39, 0.29) is 28.9 Å². The Labute approximate surface area is 232 Å². The second kappa shape index (κ2) is 10.3. The van der Waals surface area contributed by atoms with Crippen molar-refractivity contribution < 1.29 is 40.3 Å². The number of alkyl halides is 7. The maximum Gasteiger partial charge on any atom is 0.433 e. The number of likely N-dealkylation sites (tertiary alicyclic amines) is 1. The fourth-order valence-electron chi connectivity index (χ4n) is 4.70. The van der Waals surface area contributed by atoms with Crippen molar-refractivity contribution >= 4 is 23.1 Å². The summed E-state index contributed by atoms with van der Waals surface area (Å²) in [5.74, 6) is -1.91. The molecule has 220 valence electrons. The summed E-state index contributed by atoms with van der Waals surface area (Å²) in [7, 11) is 0. The van der Waals surface area contributed by atoms with Gasteiger partial charge in [0.15, 0.2) is 5.82 Å². The first-order valence-electron chi connectivity index (χ1n) is 12.2. The molecule has 0 saturated carbocycles. The van der Waals surface area contributed by atoms with Crippen molar-refractivity contribution in [3.8, 4) is 11.3 Å². The zero-order valence-corrected chi connectivity index (χ0v) is 21.5. The van der Waals surface area contributed by atoms with Crippen LogP contribution >= 0.6 is 0 Å². The molecule has 3 N–H and O–H groups in total. The van der Waals surface area contributed by atoms with Crippen LogP contribution in [0.25, 0.3) is 16.8 Å². The number of benzene rings is 1. The van der Waals surface area contributed by atoms with E-state index in [2.05, 4.69) is 20.4 Å². The maximum absolute atomic E-state index is 14.9. The van der Waals surface area contributed by atoms with Crippen LogP contribution in [0, 0.1) is 6.92 Å². The molecule has 0 bridgehead atoms. The number of aryl methyl sites for hydroxylation is 1. The molecule has 0 spiro atoms. The van der Waals surface area contributed by atoms with Gasteiger partial charge in [0.2, 0.25) is 0 Å². The summed E-state index contributed by atoms with van der Waals surface area (Å²) in [6, 6.07) is 5.54. The van der Waals surface area contributed by atoms with Crippen molar-refractivity contribution in [2.75, 3.05) is 18.8 Å². The molecule has 4 heterocycles. The van der Waals surface area contributed by atoms with E-state index in [0.717, 1.165) is 34.1 Å². The highest BCUT2D eigenvalue weighted by Gasteiger charge is 2.39. The van der Waals surface area contributed by atoms with Gasteiger partial charge in [0.25, 0.3) is 11.8 Å². The highest BCUT2D eigenvalue weighted by Crippen LogP contribution is 2.39. The molecule has 3 aromatic heterocycles. The van der Waals surface area contributed by atoms with Crippen LogP contribution in [-0.4, -0.2) is 61.6 Å². The third kappa shape index (κ3) is 5.31. The summed E-state index contributed by atoms with van der Waals surface area (Å²) < 4.78 is 95.3. The number of carbonyl (C=O) groups is 2. The number of pyridine rings is 1. The van der Waals surface area contributed by atoms with Gasteiger partial charge in [-0.05, 0) is 36.8 Å². The molecule has 0 radical (unpaired) electrons. The molecule has 1 saturated heterocycles. The molecule has 2 amide bonds. The first-order valence-corrected chi connectivity index (χ1v) is 12.2. The van der Waals surface area contributed by atoms with Crippen molar-refractivity contribution in [2.45, 2.75) is 31.5 Å². The van der Waals surface area contributed by atoms with Gasteiger partial charge < -0.3 is 16.0 Å². The van der Waals surface area contributed by atoms with Crippen LogP contribution in [0.4, 0.5) is 36.6 Å². The van der Waals surface area contributed by atoms with E-state index in [4.69, 9.17) is 5.73 Å². The maximum atomic E-state index is 14.9. The zero-order valence-electron chi connectivity index (χ0n) is 21.5. The number of rotatable bonds is 4. The summed E-state index contributed by atoms with van der Waals surface area (Å²) in [5, 5.41) is 6.39. The molecular formula is C26H20F7N7O2. The first kappa shape index (κ1) is 28.8. The minimum atomic E-state index is -4.77. The molecule has 1 fully saturated rings. The number of nitrogen functional groups attached to an aromatic ring is 1. The van der Waals surface area contributed by atoms with Crippen LogP contribution in [-0.2, 0) is 12.4 Å². The van der Waals surface area contributed by atoms with Crippen molar-refractivity contribution in [3.63, 3.8) is 0 Å². The second-order valence-electron chi connectivity index (χ2n) is 9.61. The van der Waals surface area contributed by atoms with Crippen molar-refractivity contribution in [1.82, 2.24) is 29.8 Å². The van der Waals surface area contributed by atoms with E-state index in [1.165, 1.54) is 18.2 Å². The molecule has 5 rings (SSSR count). The Kier molecular flexibility index (Phi) is 7.02. The normalized spacial score (nSPS) is 17.6. The molecule has 42 heavy (non-hydrogen) atoms. The predicted octanol–water partition coefficient (Wildman–Crippen LogP) is 4.31. The molecule has 16 heteroatoms. The van der Waals surface area contributed by atoms with E-state index in [1.54, 1.807) is 6.92 Å². The number of nitrogens with two attached hydrogens (primary N) is 1. The average Bonchev–Trinajstić information content (AvgIpc) is 3.50. The third-order valence-corrected chi connectivity index (χ3v) is 6.82. The first-order chi connectivity index (χ1) is 19.6. The van der Waals surface area contributed by atoms with Gasteiger partial charge in [0.1, 0.15) is 23.7 Å². The SMILES string of the molecule is Cc1ccc(-c2cc(C(F)(F)F)c3c(N)ncnn23)cc1C(=O)N[C@@H]1CN(C(=O)c2ccc(C(F)(F)F)nc2)C[C@@H]1F. The number of hydrogen-bond donors (Lipinski definition) is 2. The molecule has 2 atom stereocenters. The van der Waals surface area contributed by atoms with Gasteiger partial charge in [-0.3, -0.25) is 14.6 Å². The Bertz CT molecular complexity index is 1680. The summed E-state index contributed by atoms with van der Waals surface area (Å²) in [6.45, 7) is 0.868. The molecule has 4 aromatic rings. The van der Waals surface area contributed by atoms with Crippen LogP contribution in [0.5, 0.6) is 0 Å². The van der Waals surface area contributed by atoms with Crippen molar-refractivity contribution in [1.29, 1.82) is 0 Å². The minimum absolute atomic E-state index is 0.0216. The zero-order chi connectivity index (χ0) is 30.6. The fourth-order valence-corrected chi connectivity index (χ4v) is 4.70. The van der Waals surface area contributed by atoms with E-state index in [1.807, 2.05) is 0 Å². The number of anilines is 1. The average molecular weight is 595 g/mol. The van der Waals surface area contributed by atoms with E-state index in [9.17, 15) is 40.3 Å². The summed E-state index contributed by atoms with van der Waals surface area (Å²) in [5.41, 5.74) is 3.42. The minimum Gasteiger partial charge on any atom is -0.382 e. The lowest BCUT2D eigenvalue weighted by molar-refractivity contribution is -0.141. The van der Waals surface area contributed by atoms with Crippen LogP contribution in [0.2, 0.25) is 0 Å². The molecule has 0 unspecified atom stereocenters. The number of nitrogens with zero attached hydrogens (tertiary/aromatic N) is 5. The predicted molar refractivity (Wildman–Crippen MR) is 134 cm³/mol. The number of fused-ring (bicyclic) bond motifs is 1. The smallest absolute Gasteiger partial charge is 0.382 e. The Hall–Kier alpha value is -4.76. The Balaban J connectivity index is 1.37. The number of carbonyl (C=O) groups excluding carboxylic acids is 2. The molecule has 0 aliphatic carbocycles. The van der Waals surface area contributed by atoms with Crippen LogP contribution in [0.15, 0.2) is 48.9 Å². The lowest BCUT2D eigenvalue weighted by Gasteiger charge is -2.18. The number of aromatic nitrogens is 4. The summed E-state index contributed by atoms with van der Waals surface area (Å²) in [6.07, 6.45) is -9.44. The van der Waals surface area contributed by atoms with Crippen molar-refractivity contribution in [3.05, 3.63) is 76.9 Å². The molecule has 1 aliphatic heterocycles. The molecule has 9 nitrogen and oxygen atoms in total. The van der Waals surface area contributed by atoms with Crippen LogP contribution in [0.1, 0.15) is 37.5 Å². The van der Waals surface area contributed by atoms with Gasteiger partial charge in [0.05, 0.1) is 29.4 Å². The molecule has 1 aromatic carbocycles. The highest BCUT2D eigenvalue weighted by molar-refractivity contribution is 5.98.